The molecule has 0 spiro atoms. The summed E-state index contributed by atoms with van der Waals surface area (Å²) in [6, 6.07) is 14.4. The molecule has 2 unspecified atom stereocenters. The minimum absolute atomic E-state index is 0.0331. The topological polar surface area (TPSA) is 0 Å². The van der Waals surface area contributed by atoms with Gasteiger partial charge in [-0.1, -0.05) is 80.4 Å². The van der Waals surface area contributed by atoms with Crippen molar-refractivity contribution in [2.24, 2.45) is 0 Å². The van der Waals surface area contributed by atoms with Gasteiger partial charge in [0.05, 0.1) is 0 Å². The second-order valence-corrected chi connectivity index (χ2v) is 11.2. The second kappa shape index (κ2) is 7.01. The molecule has 3 rings (SSSR count). The molecule has 1 aliphatic heterocycles. The van der Waals surface area contributed by atoms with E-state index in [-0.39, 0.29) is 7.92 Å². The van der Waals surface area contributed by atoms with Crippen LogP contribution < -0.4 is 0 Å². The average molecular weight is 338 g/mol. The fourth-order valence-corrected chi connectivity index (χ4v) is 8.39. The monoisotopic (exact) mass is 338 g/mol. The summed E-state index contributed by atoms with van der Waals surface area (Å²) < 4.78 is 0. The highest BCUT2D eigenvalue weighted by Crippen LogP contribution is 2.72. The van der Waals surface area contributed by atoms with Crippen molar-refractivity contribution in [3.05, 3.63) is 69.8 Å². The standard InChI is InChI=1S/C23H31P/c1-15(2)24-22(20-11-16(3)9-17(4)12-20)7-8-23(24)21-13-18(5)10-19(6)14-21/h9-15,22-23H,7-8H2,1-6H3. The molecule has 24 heavy (non-hydrogen) atoms. The first-order chi connectivity index (χ1) is 11.3. The quantitative estimate of drug-likeness (QED) is 0.512. The molecule has 1 heteroatoms. The third-order valence-corrected chi connectivity index (χ3v) is 9.03. The van der Waals surface area contributed by atoms with E-state index in [1.54, 1.807) is 11.1 Å². The van der Waals surface area contributed by atoms with Crippen LogP contribution in [0.3, 0.4) is 0 Å². The van der Waals surface area contributed by atoms with Gasteiger partial charge in [-0.25, -0.2) is 0 Å². The van der Waals surface area contributed by atoms with Crippen molar-refractivity contribution in [1.82, 2.24) is 0 Å². The second-order valence-electron chi connectivity index (χ2n) is 7.99. The lowest BCUT2D eigenvalue weighted by Crippen LogP contribution is -2.04. The maximum absolute atomic E-state index is 2.45. The molecule has 0 saturated carbocycles. The van der Waals surface area contributed by atoms with Crippen molar-refractivity contribution in [2.45, 2.75) is 71.4 Å². The molecule has 2 aromatic rings. The van der Waals surface area contributed by atoms with Crippen molar-refractivity contribution in [1.29, 1.82) is 0 Å². The van der Waals surface area contributed by atoms with Crippen LogP contribution in [0.1, 0.15) is 71.4 Å². The van der Waals surface area contributed by atoms with Gasteiger partial charge in [0.25, 0.3) is 0 Å². The van der Waals surface area contributed by atoms with E-state index in [1.165, 1.54) is 35.1 Å². The third-order valence-electron chi connectivity index (χ3n) is 5.29. The Hall–Kier alpha value is -1.13. The number of aryl methyl sites for hydroxylation is 4. The van der Waals surface area contributed by atoms with Gasteiger partial charge in [0, 0.05) is 11.3 Å². The number of rotatable bonds is 3. The fourth-order valence-electron chi connectivity index (χ4n) is 4.63. The highest BCUT2D eigenvalue weighted by Gasteiger charge is 2.39. The molecule has 0 aliphatic carbocycles. The van der Waals surface area contributed by atoms with Gasteiger partial charge in [0.1, 0.15) is 0 Å². The van der Waals surface area contributed by atoms with E-state index in [0.29, 0.717) is 0 Å². The van der Waals surface area contributed by atoms with Gasteiger partial charge >= 0.3 is 0 Å². The van der Waals surface area contributed by atoms with Gasteiger partial charge in [-0.05, 0) is 57.3 Å². The van der Waals surface area contributed by atoms with Crippen LogP contribution in [0.25, 0.3) is 0 Å². The molecular weight excluding hydrogens is 307 g/mol. The minimum Gasteiger partial charge on any atom is -0.0887 e. The van der Waals surface area contributed by atoms with Gasteiger partial charge < -0.3 is 0 Å². The normalized spacial score (nSPS) is 23.9. The van der Waals surface area contributed by atoms with Crippen molar-refractivity contribution >= 4 is 7.92 Å². The summed E-state index contributed by atoms with van der Waals surface area (Å²) in [5.41, 5.74) is 11.2. The SMILES string of the molecule is Cc1cc(C)cc(C2CCC(c3cc(C)cc(C)c3)P2C(C)C)c1. The Morgan fingerprint density at radius 2 is 1.00 bits per heavy atom. The lowest BCUT2D eigenvalue weighted by Gasteiger charge is -2.31. The first-order valence-electron chi connectivity index (χ1n) is 9.29. The summed E-state index contributed by atoms with van der Waals surface area (Å²) in [6.07, 6.45) is 2.70. The summed E-state index contributed by atoms with van der Waals surface area (Å²) in [5.74, 6) is 0. The molecular formula is C23H31P. The van der Waals surface area contributed by atoms with Crippen LogP contribution in [0.4, 0.5) is 0 Å². The predicted molar refractivity (Wildman–Crippen MR) is 109 cm³/mol. The molecule has 0 N–H and O–H groups in total. The van der Waals surface area contributed by atoms with Crippen molar-refractivity contribution in [2.75, 3.05) is 0 Å². The Labute approximate surface area is 149 Å². The molecule has 0 aromatic heterocycles. The summed E-state index contributed by atoms with van der Waals surface area (Å²) in [4.78, 5) is 0. The molecule has 1 aliphatic rings. The van der Waals surface area contributed by atoms with Crippen molar-refractivity contribution in [3.63, 3.8) is 0 Å². The average Bonchev–Trinajstić information content (AvgIpc) is 2.90. The van der Waals surface area contributed by atoms with Crippen LogP contribution >= 0.6 is 7.92 Å². The summed E-state index contributed by atoms with van der Waals surface area (Å²) in [5, 5.41) is 0. The Balaban J connectivity index is 1.99. The molecule has 1 saturated heterocycles. The first kappa shape index (κ1) is 17.7. The molecule has 1 heterocycles. The maximum atomic E-state index is 2.45. The highest BCUT2D eigenvalue weighted by molar-refractivity contribution is 7.59. The van der Waals surface area contributed by atoms with Gasteiger partial charge in [-0.15, -0.1) is 0 Å². The van der Waals surface area contributed by atoms with Crippen LogP contribution in [-0.4, -0.2) is 5.66 Å². The van der Waals surface area contributed by atoms with E-state index in [1.807, 2.05) is 0 Å². The molecule has 2 aromatic carbocycles. The van der Waals surface area contributed by atoms with E-state index < -0.39 is 0 Å². The zero-order chi connectivity index (χ0) is 17.4. The van der Waals surface area contributed by atoms with Gasteiger partial charge in [0.15, 0.2) is 0 Å². The summed E-state index contributed by atoms with van der Waals surface area (Å²) >= 11 is 0. The Kier molecular flexibility index (Phi) is 5.16. The number of hydrogen-bond acceptors (Lipinski definition) is 0. The van der Waals surface area contributed by atoms with E-state index in [0.717, 1.165) is 17.0 Å². The van der Waals surface area contributed by atoms with Crippen molar-refractivity contribution in [3.8, 4) is 0 Å². The van der Waals surface area contributed by atoms with Crippen LogP contribution in [0, 0.1) is 27.7 Å². The zero-order valence-electron chi connectivity index (χ0n) is 16.1. The summed E-state index contributed by atoms with van der Waals surface area (Å²) in [7, 11) is -0.0331. The van der Waals surface area contributed by atoms with E-state index in [2.05, 4.69) is 77.9 Å². The largest absolute Gasteiger partial charge is 0.0887 e. The minimum atomic E-state index is -0.0331. The van der Waals surface area contributed by atoms with Crippen LogP contribution in [0.15, 0.2) is 36.4 Å². The van der Waals surface area contributed by atoms with Crippen LogP contribution in [-0.2, 0) is 0 Å². The Morgan fingerprint density at radius 1 is 0.667 bits per heavy atom. The highest BCUT2D eigenvalue weighted by atomic mass is 31.1. The Bertz CT molecular complexity index is 629. The maximum Gasteiger partial charge on any atom is 0.00501 e. The van der Waals surface area contributed by atoms with Gasteiger partial charge in [-0.3, -0.25) is 0 Å². The van der Waals surface area contributed by atoms with Gasteiger partial charge in [-0.2, -0.15) is 0 Å². The van der Waals surface area contributed by atoms with Crippen molar-refractivity contribution < 1.29 is 0 Å². The fraction of sp³-hybridized carbons (Fsp3) is 0.478. The van der Waals surface area contributed by atoms with Gasteiger partial charge in [0.2, 0.25) is 0 Å². The lowest BCUT2D eigenvalue weighted by atomic mass is 9.99. The molecule has 1 fully saturated rings. The van der Waals surface area contributed by atoms with E-state index >= 15 is 0 Å². The first-order valence-corrected chi connectivity index (χ1v) is 10.8. The number of hydrogen-bond donors (Lipinski definition) is 0. The predicted octanol–water partition coefficient (Wildman–Crippen LogP) is 7.39. The molecule has 0 bridgehead atoms. The molecule has 0 amide bonds. The van der Waals surface area contributed by atoms with Crippen LogP contribution in [0.2, 0.25) is 0 Å². The summed E-state index contributed by atoms with van der Waals surface area (Å²) in [6.45, 7) is 13.9. The molecule has 0 nitrogen and oxygen atoms in total. The van der Waals surface area contributed by atoms with E-state index in [4.69, 9.17) is 0 Å². The number of benzene rings is 2. The smallest absolute Gasteiger partial charge is 0.00501 e. The van der Waals surface area contributed by atoms with E-state index in [9.17, 15) is 0 Å². The molecule has 0 radical (unpaired) electrons. The van der Waals surface area contributed by atoms with Crippen LogP contribution in [0.5, 0.6) is 0 Å². The zero-order valence-corrected chi connectivity index (χ0v) is 17.0. The molecule has 128 valence electrons. The molecule has 2 atom stereocenters. The lowest BCUT2D eigenvalue weighted by molar-refractivity contribution is 0.764. The Morgan fingerprint density at radius 3 is 1.29 bits per heavy atom. The third kappa shape index (κ3) is 3.60.